The smallest absolute Gasteiger partial charge is 0.243 e. The minimum atomic E-state index is -0.736. The Morgan fingerprint density at radius 3 is 2.72 bits per heavy atom. The highest BCUT2D eigenvalue weighted by atomic mass is 19.1. The summed E-state index contributed by atoms with van der Waals surface area (Å²) >= 11 is 0. The van der Waals surface area contributed by atoms with Gasteiger partial charge in [-0.05, 0) is 49.4 Å². The molecule has 0 spiro atoms. The van der Waals surface area contributed by atoms with Crippen molar-refractivity contribution < 1.29 is 9.18 Å². The number of amides is 1. The Bertz CT molecular complexity index is 455. The number of hydrogen-bond acceptors (Lipinski definition) is 2. The second-order valence-electron chi connectivity index (χ2n) is 5.27. The third-order valence-corrected chi connectivity index (χ3v) is 3.90. The molecule has 4 heteroatoms. The maximum absolute atomic E-state index is 13.4. The number of anilines is 1. The number of carbonyl (C=O) groups is 1. The van der Waals surface area contributed by atoms with Gasteiger partial charge in [0.05, 0.1) is 0 Å². The summed E-state index contributed by atoms with van der Waals surface area (Å²) in [5.74, 6) is -0.490. The maximum Gasteiger partial charge on any atom is 0.243 e. The molecule has 2 rings (SSSR count). The first-order valence-corrected chi connectivity index (χ1v) is 6.29. The lowest BCUT2D eigenvalue weighted by Crippen LogP contribution is -2.52. The van der Waals surface area contributed by atoms with Gasteiger partial charge in [-0.15, -0.1) is 0 Å². The maximum atomic E-state index is 13.4. The SMILES string of the molecule is Cc1cc(F)cc(NC2(C(N)=O)CCCC2C)c1. The molecule has 1 aliphatic rings. The number of rotatable bonds is 3. The summed E-state index contributed by atoms with van der Waals surface area (Å²) in [5.41, 5.74) is 6.26. The van der Waals surface area contributed by atoms with E-state index in [2.05, 4.69) is 5.32 Å². The van der Waals surface area contributed by atoms with Crippen molar-refractivity contribution in [3.63, 3.8) is 0 Å². The monoisotopic (exact) mass is 250 g/mol. The number of hydrogen-bond donors (Lipinski definition) is 2. The van der Waals surface area contributed by atoms with E-state index in [0.29, 0.717) is 12.1 Å². The summed E-state index contributed by atoms with van der Waals surface area (Å²) in [6, 6.07) is 4.70. The van der Waals surface area contributed by atoms with E-state index in [1.165, 1.54) is 12.1 Å². The molecule has 0 heterocycles. The van der Waals surface area contributed by atoms with Crippen LogP contribution in [-0.2, 0) is 4.79 Å². The number of primary amides is 1. The molecular formula is C14H19FN2O. The van der Waals surface area contributed by atoms with E-state index in [4.69, 9.17) is 5.73 Å². The van der Waals surface area contributed by atoms with Crippen LogP contribution in [0.5, 0.6) is 0 Å². The Labute approximate surface area is 107 Å². The van der Waals surface area contributed by atoms with Crippen molar-refractivity contribution in [1.82, 2.24) is 0 Å². The predicted molar refractivity (Wildman–Crippen MR) is 69.7 cm³/mol. The third kappa shape index (κ3) is 2.19. The van der Waals surface area contributed by atoms with Gasteiger partial charge < -0.3 is 11.1 Å². The van der Waals surface area contributed by atoms with E-state index in [0.717, 1.165) is 18.4 Å². The average molecular weight is 250 g/mol. The van der Waals surface area contributed by atoms with Crippen LogP contribution in [0, 0.1) is 18.7 Å². The van der Waals surface area contributed by atoms with Crippen molar-refractivity contribution in [1.29, 1.82) is 0 Å². The van der Waals surface area contributed by atoms with Crippen LogP contribution in [-0.4, -0.2) is 11.4 Å². The van der Waals surface area contributed by atoms with Crippen LogP contribution < -0.4 is 11.1 Å². The van der Waals surface area contributed by atoms with Crippen LogP contribution in [0.1, 0.15) is 31.7 Å². The van der Waals surface area contributed by atoms with E-state index in [-0.39, 0.29) is 17.6 Å². The average Bonchev–Trinajstić information content (AvgIpc) is 2.59. The van der Waals surface area contributed by atoms with Crippen molar-refractivity contribution in [2.75, 3.05) is 5.32 Å². The summed E-state index contributed by atoms with van der Waals surface area (Å²) in [6.45, 7) is 3.83. The molecule has 0 aromatic heterocycles. The minimum Gasteiger partial charge on any atom is -0.371 e. The predicted octanol–water partition coefficient (Wildman–Crippen LogP) is 2.59. The molecule has 18 heavy (non-hydrogen) atoms. The molecular weight excluding hydrogens is 231 g/mol. The van der Waals surface area contributed by atoms with E-state index in [1.807, 2.05) is 19.9 Å². The highest BCUT2D eigenvalue weighted by molar-refractivity contribution is 5.88. The van der Waals surface area contributed by atoms with Gasteiger partial charge in [0.25, 0.3) is 0 Å². The fourth-order valence-corrected chi connectivity index (χ4v) is 2.86. The van der Waals surface area contributed by atoms with Crippen molar-refractivity contribution in [3.05, 3.63) is 29.6 Å². The fraction of sp³-hybridized carbons (Fsp3) is 0.500. The highest BCUT2D eigenvalue weighted by Gasteiger charge is 2.45. The molecule has 1 fully saturated rings. The van der Waals surface area contributed by atoms with Crippen LogP contribution >= 0.6 is 0 Å². The third-order valence-electron chi connectivity index (χ3n) is 3.90. The van der Waals surface area contributed by atoms with Gasteiger partial charge in [0, 0.05) is 5.69 Å². The molecule has 2 unspecified atom stereocenters. The fourth-order valence-electron chi connectivity index (χ4n) is 2.86. The molecule has 1 aromatic carbocycles. The lowest BCUT2D eigenvalue weighted by molar-refractivity contribution is -0.123. The number of halogens is 1. The Morgan fingerprint density at radius 2 is 2.22 bits per heavy atom. The molecule has 3 nitrogen and oxygen atoms in total. The van der Waals surface area contributed by atoms with E-state index >= 15 is 0 Å². The topological polar surface area (TPSA) is 55.1 Å². The summed E-state index contributed by atoms with van der Waals surface area (Å²) in [7, 11) is 0. The van der Waals surface area contributed by atoms with Crippen LogP contribution in [0.3, 0.4) is 0 Å². The lowest BCUT2D eigenvalue weighted by atomic mass is 9.87. The number of benzene rings is 1. The second kappa shape index (κ2) is 4.59. The van der Waals surface area contributed by atoms with Gasteiger partial charge >= 0.3 is 0 Å². The largest absolute Gasteiger partial charge is 0.371 e. The summed E-state index contributed by atoms with van der Waals surface area (Å²) in [5, 5.41) is 3.17. The zero-order valence-corrected chi connectivity index (χ0v) is 10.8. The van der Waals surface area contributed by atoms with Crippen molar-refractivity contribution in [2.24, 2.45) is 11.7 Å². The van der Waals surface area contributed by atoms with Gasteiger partial charge in [-0.1, -0.05) is 13.3 Å². The first-order chi connectivity index (χ1) is 8.44. The Balaban J connectivity index is 2.32. The molecule has 1 saturated carbocycles. The molecule has 0 radical (unpaired) electrons. The molecule has 3 N–H and O–H groups in total. The van der Waals surface area contributed by atoms with Crippen molar-refractivity contribution in [3.8, 4) is 0 Å². The van der Waals surface area contributed by atoms with Crippen molar-refractivity contribution in [2.45, 2.75) is 38.6 Å². The molecule has 0 aliphatic heterocycles. The number of aryl methyl sites for hydroxylation is 1. The molecule has 1 aliphatic carbocycles. The number of nitrogens with two attached hydrogens (primary N) is 1. The lowest BCUT2D eigenvalue weighted by Gasteiger charge is -2.32. The first kappa shape index (κ1) is 12.9. The van der Waals surface area contributed by atoms with Gasteiger partial charge in [-0.2, -0.15) is 0 Å². The van der Waals surface area contributed by atoms with Crippen LogP contribution in [0.4, 0.5) is 10.1 Å². The molecule has 1 amide bonds. The molecule has 0 saturated heterocycles. The molecule has 1 aromatic rings. The van der Waals surface area contributed by atoms with Gasteiger partial charge in [-0.25, -0.2) is 4.39 Å². The Morgan fingerprint density at radius 1 is 1.50 bits per heavy atom. The quantitative estimate of drug-likeness (QED) is 0.866. The van der Waals surface area contributed by atoms with Crippen LogP contribution in [0.25, 0.3) is 0 Å². The van der Waals surface area contributed by atoms with Gasteiger partial charge in [0.1, 0.15) is 11.4 Å². The zero-order chi connectivity index (χ0) is 13.3. The first-order valence-electron chi connectivity index (χ1n) is 6.29. The standard InChI is InChI=1S/C14H19FN2O/c1-9-6-11(15)8-12(7-9)17-14(13(16)18)5-3-4-10(14)2/h6-8,10,17H,3-5H2,1-2H3,(H2,16,18). The molecule has 0 bridgehead atoms. The van der Waals surface area contributed by atoms with Gasteiger partial charge in [0.2, 0.25) is 5.91 Å². The Kier molecular flexibility index (Phi) is 3.28. The van der Waals surface area contributed by atoms with E-state index in [1.54, 1.807) is 0 Å². The van der Waals surface area contributed by atoms with Crippen molar-refractivity contribution >= 4 is 11.6 Å². The summed E-state index contributed by atoms with van der Waals surface area (Å²) in [4.78, 5) is 11.8. The minimum absolute atomic E-state index is 0.165. The number of carbonyl (C=O) groups excluding carboxylic acids is 1. The van der Waals surface area contributed by atoms with E-state index < -0.39 is 5.54 Å². The van der Waals surface area contributed by atoms with Crippen LogP contribution in [0.15, 0.2) is 18.2 Å². The molecule has 2 atom stereocenters. The molecule has 98 valence electrons. The van der Waals surface area contributed by atoms with Gasteiger partial charge in [-0.3, -0.25) is 4.79 Å². The normalized spacial score (nSPS) is 27.2. The highest BCUT2D eigenvalue weighted by Crippen LogP contribution is 2.38. The van der Waals surface area contributed by atoms with Gasteiger partial charge in [0.15, 0.2) is 0 Å². The zero-order valence-electron chi connectivity index (χ0n) is 10.8. The van der Waals surface area contributed by atoms with Crippen LogP contribution in [0.2, 0.25) is 0 Å². The summed E-state index contributed by atoms with van der Waals surface area (Å²) in [6.07, 6.45) is 2.63. The Hall–Kier alpha value is -1.58. The second-order valence-corrected chi connectivity index (χ2v) is 5.27. The van der Waals surface area contributed by atoms with E-state index in [9.17, 15) is 9.18 Å². The summed E-state index contributed by atoms with van der Waals surface area (Å²) < 4.78 is 13.4. The number of nitrogens with one attached hydrogen (secondary N) is 1.